The highest BCUT2D eigenvalue weighted by Crippen LogP contribution is 2.36. The molecule has 1 saturated carbocycles. The first-order valence-electron chi connectivity index (χ1n) is 13.7. The molecule has 0 radical (unpaired) electrons. The van der Waals surface area contributed by atoms with Gasteiger partial charge in [0.05, 0.1) is 6.61 Å². The number of hydrogen-bond acceptors (Lipinski definition) is 3. The number of hydrogen-bond donors (Lipinski definition) is 0. The Morgan fingerprint density at radius 1 is 0.909 bits per heavy atom. The molecule has 0 aliphatic heterocycles. The van der Waals surface area contributed by atoms with E-state index in [0.29, 0.717) is 0 Å². The molecule has 3 unspecified atom stereocenters. The van der Waals surface area contributed by atoms with Crippen LogP contribution in [0.5, 0.6) is 5.75 Å². The topological polar surface area (TPSA) is 35.0 Å². The Morgan fingerprint density at radius 3 is 2.21 bits per heavy atom. The van der Waals surface area contributed by atoms with Crippen molar-refractivity contribution in [2.45, 2.75) is 104 Å². The maximum Gasteiger partial charge on any atom is 0.159 e. The van der Waals surface area contributed by atoms with Crippen LogP contribution in [-0.4, -0.2) is 16.6 Å². The summed E-state index contributed by atoms with van der Waals surface area (Å²) in [5.41, 5.74) is 2.28. The second-order valence-corrected chi connectivity index (χ2v) is 10.3. The maximum absolute atomic E-state index is 6.06. The average molecular weight is 451 g/mol. The lowest BCUT2D eigenvalue weighted by Crippen LogP contribution is -2.20. The summed E-state index contributed by atoms with van der Waals surface area (Å²) >= 11 is 0. The van der Waals surface area contributed by atoms with E-state index in [1.165, 1.54) is 76.2 Å². The van der Waals surface area contributed by atoms with E-state index in [9.17, 15) is 0 Å². The molecule has 1 aromatic heterocycles. The first kappa shape index (κ1) is 25.7. The summed E-state index contributed by atoms with van der Waals surface area (Å²) < 4.78 is 6.06. The maximum atomic E-state index is 6.06. The van der Waals surface area contributed by atoms with Crippen molar-refractivity contribution in [2.75, 3.05) is 6.61 Å². The number of nitrogens with zero attached hydrogens (tertiary/aromatic N) is 2. The van der Waals surface area contributed by atoms with Gasteiger partial charge in [-0.3, -0.25) is 0 Å². The lowest BCUT2D eigenvalue weighted by molar-refractivity contribution is 0.190. The van der Waals surface area contributed by atoms with Crippen LogP contribution in [0.1, 0.15) is 103 Å². The predicted molar refractivity (Wildman–Crippen MR) is 140 cm³/mol. The minimum atomic E-state index is 0.757. The van der Waals surface area contributed by atoms with Crippen molar-refractivity contribution in [2.24, 2.45) is 17.8 Å². The Bertz CT molecular complexity index is 771. The average Bonchev–Trinajstić information content (AvgIpc) is 2.87. The molecule has 1 fully saturated rings. The van der Waals surface area contributed by atoms with Gasteiger partial charge in [0.25, 0.3) is 0 Å². The van der Waals surface area contributed by atoms with Crippen LogP contribution in [0.15, 0.2) is 36.7 Å². The normalized spacial score (nSPS) is 19.4. The molecule has 1 aliphatic rings. The van der Waals surface area contributed by atoms with E-state index in [0.717, 1.165) is 54.3 Å². The van der Waals surface area contributed by atoms with Gasteiger partial charge in [0.15, 0.2) is 5.82 Å². The van der Waals surface area contributed by atoms with Gasteiger partial charge in [-0.05, 0) is 73.3 Å². The van der Waals surface area contributed by atoms with E-state index in [2.05, 4.69) is 55.0 Å². The lowest BCUT2D eigenvalue weighted by atomic mass is 9.74. The Kier molecular flexibility index (Phi) is 11.2. The molecular formula is C30H46N2O. The van der Waals surface area contributed by atoms with E-state index in [1.54, 1.807) is 0 Å². The molecule has 0 bridgehead atoms. The molecule has 0 saturated heterocycles. The zero-order valence-corrected chi connectivity index (χ0v) is 21.4. The first-order chi connectivity index (χ1) is 16.2. The largest absolute Gasteiger partial charge is 0.494 e. The van der Waals surface area contributed by atoms with Crippen LogP contribution < -0.4 is 4.74 Å². The molecule has 0 spiro atoms. The van der Waals surface area contributed by atoms with Gasteiger partial charge < -0.3 is 4.74 Å². The monoisotopic (exact) mass is 450 g/mol. The van der Waals surface area contributed by atoms with E-state index in [-0.39, 0.29) is 0 Å². The second-order valence-electron chi connectivity index (χ2n) is 10.3. The summed E-state index contributed by atoms with van der Waals surface area (Å²) in [5, 5.41) is 0. The van der Waals surface area contributed by atoms with Crippen LogP contribution in [0.2, 0.25) is 0 Å². The zero-order chi connectivity index (χ0) is 23.3. The third-order valence-corrected chi connectivity index (χ3v) is 7.67. The summed E-state index contributed by atoms with van der Waals surface area (Å²) in [4.78, 5) is 9.18. The quantitative estimate of drug-likeness (QED) is 0.270. The molecule has 1 aromatic carbocycles. The summed E-state index contributed by atoms with van der Waals surface area (Å²) in [7, 11) is 0. The van der Waals surface area contributed by atoms with Crippen LogP contribution in [-0.2, 0) is 6.42 Å². The Labute approximate surface area is 202 Å². The molecule has 1 aliphatic carbocycles. The molecule has 3 nitrogen and oxygen atoms in total. The van der Waals surface area contributed by atoms with E-state index in [1.807, 2.05) is 12.4 Å². The molecule has 3 atom stereocenters. The lowest BCUT2D eigenvalue weighted by Gasteiger charge is -2.31. The molecule has 33 heavy (non-hydrogen) atoms. The third kappa shape index (κ3) is 8.76. The van der Waals surface area contributed by atoms with Crippen molar-refractivity contribution in [1.29, 1.82) is 0 Å². The van der Waals surface area contributed by atoms with Crippen molar-refractivity contribution in [3.05, 3.63) is 42.2 Å². The smallest absolute Gasteiger partial charge is 0.159 e. The molecule has 2 aromatic rings. The zero-order valence-electron chi connectivity index (χ0n) is 21.4. The number of aromatic nitrogens is 2. The second kappa shape index (κ2) is 14.4. The van der Waals surface area contributed by atoms with Crippen LogP contribution in [0, 0.1) is 17.8 Å². The number of aryl methyl sites for hydroxylation is 1. The summed E-state index contributed by atoms with van der Waals surface area (Å²) in [6, 6.07) is 8.27. The van der Waals surface area contributed by atoms with Crippen molar-refractivity contribution < 1.29 is 4.74 Å². The molecule has 0 N–H and O–H groups in total. The number of rotatable bonds is 14. The predicted octanol–water partition coefficient (Wildman–Crippen LogP) is 8.67. The van der Waals surface area contributed by atoms with Crippen LogP contribution in [0.4, 0.5) is 0 Å². The van der Waals surface area contributed by atoms with Gasteiger partial charge in [0.2, 0.25) is 0 Å². The fraction of sp³-hybridized carbons (Fsp3) is 0.667. The highest BCUT2D eigenvalue weighted by molar-refractivity contribution is 5.55. The van der Waals surface area contributed by atoms with Gasteiger partial charge in [-0.15, -0.1) is 0 Å². The minimum absolute atomic E-state index is 0.757. The fourth-order valence-corrected chi connectivity index (χ4v) is 5.19. The standard InChI is InChI=1S/C30H46N2O/c1-4-6-7-11-26-12-8-9-13-27(26)14-10-21-33-29-19-17-28(18-20-29)30-31-22-25(23-32-30)16-15-24(3)5-2/h17-20,22-24,26-27H,4-16,21H2,1-3H3. The van der Waals surface area contributed by atoms with Gasteiger partial charge in [-0.1, -0.05) is 78.6 Å². The van der Waals surface area contributed by atoms with Crippen LogP contribution in [0.25, 0.3) is 11.4 Å². The molecule has 1 heterocycles. The van der Waals surface area contributed by atoms with E-state index >= 15 is 0 Å². The number of unbranched alkanes of at least 4 members (excludes halogenated alkanes) is 2. The molecular weight excluding hydrogens is 404 g/mol. The Balaban J connectivity index is 1.40. The molecule has 182 valence electrons. The SMILES string of the molecule is CCCCCC1CCCCC1CCCOc1ccc(-c2ncc(CCC(C)CC)cn2)cc1. The molecule has 3 heteroatoms. The van der Waals surface area contributed by atoms with Crippen molar-refractivity contribution >= 4 is 0 Å². The molecule has 0 amide bonds. The van der Waals surface area contributed by atoms with E-state index < -0.39 is 0 Å². The number of ether oxygens (including phenoxy) is 1. The third-order valence-electron chi connectivity index (χ3n) is 7.67. The van der Waals surface area contributed by atoms with Crippen LogP contribution >= 0.6 is 0 Å². The van der Waals surface area contributed by atoms with Crippen molar-refractivity contribution in [3.63, 3.8) is 0 Å². The highest BCUT2D eigenvalue weighted by atomic mass is 16.5. The van der Waals surface area contributed by atoms with E-state index in [4.69, 9.17) is 4.74 Å². The summed E-state index contributed by atoms with van der Waals surface area (Å²) in [6.45, 7) is 7.68. The Morgan fingerprint density at radius 2 is 1.58 bits per heavy atom. The molecule has 3 rings (SSSR count). The van der Waals surface area contributed by atoms with Gasteiger partial charge >= 0.3 is 0 Å². The van der Waals surface area contributed by atoms with Crippen molar-refractivity contribution in [3.8, 4) is 17.1 Å². The minimum Gasteiger partial charge on any atom is -0.494 e. The van der Waals surface area contributed by atoms with Gasteiger partial charge in [0, 0.05) is 18.0 Å². The van der Waals surface area contributed by atoms with Gasteiger partial charge in [0.1, 0.15) is 5.75 Å². The number of benzene rings is 1. The highest BCUT2D eigenvalue weighted by Gasteiger charge is 2.24. The summed E-state index contributed by atoms with van der Waals surface area (Å²) in [5.74, 6) is 4.39. The Hall–Kier alpha value is -1.90. The van der Waals surface area contributed by atoms with Gasteiger partial charge in [-0.25, -0.2) is 9.97 Å². The van der Waals surface area contributed by atoms with Crippen molar-refractivity contribution in [1.82, 2.24) is 9.97 Å². The summed E-state index contributed by atoms with van der Waals surface area (Å²) in [6.07, 6.45) is 21.3. The fourth-order valence-electron chi connectivity index (χ4n) is 5.19. The van der Waals surface area contributed by atoms with Gasteiger partial charge in [-0.2, -0.15) is 0 Å². The van der Waals surface area contributed by atoms with Crippen LogP contribution in [0.3, 0.4) is 0 Å². The first-order valence-corrected chi connectivity index (χ1v) is 13.7.